The van der Waals surface area contributed by atoms with Crippen molar-refractivity contribution >= 4 is 27.5 Å². The molecular weight excluding hydrogens is 368 g/mol. The van der Waals surface area contributed by atoms with Gasteiger partial charge in [0, 0.05) is 30.3 Å². The van der Waals surface area contributed by atoms with E-state index in [0.29, 0.717) is 12.3 Å². The number of amides is 1. The van der Waals surface area contributed by atoms with Crippen LogP contribution < -0.4 is 15.0 Å². The highest BCUT2D eigenvalue weighted by atomic mass is 79.9. The predicted molar refractivity (Wildman–Crippen MR) is 102 cm³/mol. The number of hydrogen-bond acceptors (Lipinski definition) is 3. The van der Waals surface area contributed by atoms with Crippen molar-refractivity contribution < 1.29 is 9.53 Å². The molecule has 128 valence electrons. The third-order valence-electron chi connectivity index (χ3n) is 3.66. The lowest BCUT2D eigenvalue weighted by molar-refractivity contribution is -0.127. The third-order valence-corrected chi connectivity index (χ3v) is 4.19. The summed E-state index contributed by atoms with van der Waals surface area (Å²) in [6, 6.07) is 17.7. The minimum atomic E-state index is -0.516. The molecule has 0 aromatic heterocycles. The number of halogens is 1. The second-order valence-electron chi connectivity index (χ2n) is 5.62. The molecule has 0 bridgehead atoms. The summed E-state index contributed by atoms with van der Waals surface area (Å²) in [5.41, 5.74) is 1.18. The lowest BCUT2D eigenvalue weighted by Crippen LogP contribution is -2.37. The Morgan fingerprint density at radius 1 is 1.17 bits per heavy atom. The highest BCUT2D eigenvalue weighted by Gasteiger charge is 2.14. The fraction of sp³-hybridized carbons (Fsp3) is 0.316. The van der Waals surface area contributed by atoms with Gasteiger partial charge < -0.3 is 15.0 Å². The van der Waals surface area contributed by atoms with E-state index in [2.05, 4.69) is 45.3 Å². The molecule has 0 saturated carbocycles. The molecule has 0 spiro atoms. The molecule has 0 aliphatic rings. The minimum Gasteiger partial charge on any atom is -0.481 e. The van der Waals surface area contributed by atoms with Crippen molar-refractivity contribution in [1.82, 2.24) is 5.32 Å². The van der Waals surface area contributed by atoms with Gasteiger partial charge in [-0.3, -0.25) is 4.79 Å². The summed E-state index contributed by atoms with van der Waals surface area (Å²) in [5, 5.41) is 2.92. The molecule has 2 aromatic rings. The van der Waals surface area contributed by atoms with E-state index in [1.807, 2.05) is 42.5 Å². The number of benzene rings is 2. The quantitative estimate of drug-likeness (QED) is 0.695. The SMILES string of the molecule is C[C@@H](Oc1ccc(Br)cc1)C(=O)NCCCN(C)c1ccccc1. The normalized spacial score (nSPS) is 11.6. The van der Waals surface area contributed by atoms with Crippen molar-refractivity contribution in [1.29, 1.82) is 0 Å². The Bertz CT molecular complexity index is 632. The van der Waals surface area contributed by atoms with Gasteiger partial charge in [-0.25, -0.2) is 0 Å². The average molecular weight is 391 g/mol. The molecule has 0 heterocycles. The summed E-state index contributed by atoms with van der Waals surface area (Å²) < 4.78 is 6.62. The number of carbonyl (C=O) groups excluding carboxylic acids is 1. The first-order valence-electron chi connectivity index (χ1n) is 8.02. The van der Waals surface area contributed by atoms with Crippen LogP contribution in [0.1, 0.15) is 13.3 Å². The fourth-order valence-corrected chi connectivity index (χ4v) is 2.52. The highest BCUT2D eigenvalue weighted by Crippen LogP contribution is 2.17. The summed E-state index contributed by atoms with van der Waals surface area (Å²) in [6.07, 6.45) is 0.361. The minimum absolute atomic E-state index is 0.0970. The zero-order valence-electron chi connectivity index (χ0n) is 14.0. The molecule has 5 heteroatoms. The number of para-hydroxylation sites is 1. The van der Waals surface area contributed by atoms with E-state index in [9.17, 15) is 4.79 Å². The van der Waals surface area contributed by atoms with Crippen LogP contribution in [0.2, 0.25) is 0 Å². The van der Waals surface area contributed by atoms with Crippen molar-refractivity contribution in [3.8, 4) is 5.75 Å². The molecule has 0 aliphatic heterocycles. The second kappa shape index (κ2) is 9.33. The molecule has 0 radical (unpaired) electrons. The molecule has 0 fully saturated rings. The summed E-state index contributed by atoms with van der Waals surface area (Å²) in [4.78, 5) is 14.2. The third kappa shape index (κ3) is 5.89. The smallest absolute Gasteiger partial charge is 0.260 e. The van der Waals surface area contributed by atoms with E-state index in [0.717, 1.165) is 17.4 Å². The van der Waals surface area contributed by atoms with Gasteiger partial charge in [-0.1, -0.05) is 34.1 Å². The monoisotopic (exact) mass is 390 g/mol. The van der Waals surface area contributed by atoms with Crippen LogP contribution in [0.4, 0.5) is 5.69 Å². The standard InChI is InChI=1S/C19H23BrN2O2/c1-15(24-18-11-9-16(20)10-12-18)19(23)21-13-6-14-22(2)17-7-4-3-5-8-17/h3-5,7-12,15H,6,13-14H2,1-2H3,(H,21,23)/t15-/m1/s1. The van der Waals surface area contributed by atoms with Gasteiger partial charge in [0.05, 0.1) is 0 Å². The number of hydrogen-bond donors (Lipinski definition) is 1. The van der Waals surface area contributed by atoms with E-state index in [1.165, 1.54) is 5.69 Å². The van der Waals surface area contributed by atoms with Crippen LogP contribution in [0.15, 0.2) is 59.1 Å². The molecule has 1 amide bonds. The van der Waals surface area contributed by atoms with Gasteiger partial charge in [0.15, 0.2) is 6.10 Å². The van der Waals surface area contributed by atoms with E-state index < -0.39 is 6.10 Å². The van der Waals surface area contributed by atoms with Gasteiger partial charge >= 0.3 is 0 Å². The molecule has 0 saturated heterocycles. The molecule has 2 rings (SSSR count). The molecular formula is C19H23BrN2O2. The van der Waals surface area contributed by atoms with Gasteiger partial charge in [-0.05, 0) is 49.7 Å². The van der Waals surface area contributed by atoms with Gasteiger partial charge in [0.25, 0.3) is 5.91 Å². The second-order valence-corrected chi connectivity index (χ2v) is 6.53. The van der Waals surface area contributed by atoms with Crippen molar-refractivity contribution in [3.05, 3.63) is 59.1 Å². The number of nitrogens with zero attached hydrogens (tertiary/aromatic N) is 1. The molecule has 2 aromatic carbocycles. The van der Waals surface area contributed by atoms with Crippen LogP contribution in [0, 0.1) is 0 Å². The van der Waals surface area contributed by atoms with Crippen LogP contribution in [0.25, 0.3) is 0 Å². The van der Waals surface area contributed by atoms with E-state index in [4.69, 9.17) is 4.74 Å². The van der Waals surface area contributed by atoms with Gasteiger partial charge in [0.2, 0.25) is 0 Å². The maximum absolute atomic E-state index is 12.1. The van der Waals surface area contributed by atoms with Gasteiger partial charge in [0.1, 0.15) is 5.75 Å². The number of nitrogens with one attached hydrogen (secondary N) is 1. The first-order valence-corrected chi connectivity index (χ1v) is 8.81. The topological polar surface area (TPSA) is 41.6 Å². The van der Waals surface area contributed by atoms with Crippen LogP contribution in [-0.2, 0) is 4.79 Å². The summed E-state index contributed by atoms with van der Waals surface area (Å²) in [7, 11) is 2.05. The first-order chi connectivity index (χ1) is 11.6. The first kappa shape index (κ1) is 18.3. The van der Waals surface area contributed by atoms with Gasteiger partial charge in [-0.2, -0.15) is 0 Å². The predicted octanol–water partition coefficient (Wildman–Crippen LogP) is 3.86. The maximum Gasteiger partial charge on any atom is 0.260 e. The average Bonchev–Trinajstić information content (AvgIpc) is 2.61. The molecule has 1 atom stereocenters. The molecule has 0 unspecified atom stereocenters. The molecule has 1 N–H and O–H groups in total. The number of rotatable bonds is 8. The molecule has 0 aliphatic carbocycles. The Balaban J connectivity index is 1.68. The largest absolute Gasteiger partial charge is 0.481 e. The lowest BCUT2D eigenvalue weighted by Gasteiger charge is -2.19. The van der Waals surface area contributed by atoms with E-state index in [1.54, 1.807) is 6.92 Å². The molecule has 4 nitrogen and oxygen atoms in total. The van der Waals surface area contributed by atoms with Crippen molar-refractivity contribution in [2.75, 3.05) is 25.0 Å². The Morgan fingerprint density at radius 3 is 2.50 bits per heavy atom. The summed E-state index contributed by atoms with van der Waals surface area (Å²) in [6.45, 7) is 3.27. The maximum atomic E-state index is 12.1. The van der Waals surface area contributed by atoms with Crippen molar-refractivity contribution in [2.24, 2.45) is 0 Å². The Labute approximate surface area is 151 Å². The van der Waals surface area contributed by atoms with Crippen molar-refractivity contribution in [3.63, 3.8) is 0 Å². The number of carbonyl (C=O) groups is 1. The van der Waals surface area contributed by atoms with Crippen molar-refractivity contribution in [2.45, 2.75) is 19.4 Å². The van der Waals surface area contributed by atoms with Crippen LogP contribution in [0.3, 0.4) is 0 Å². The van der Waals surface area contributed by atoms with Crippen LogP contribution >= 0.6 is 15.9 Å². The Kier molecular flexibility index (Phi) is 7.12. The highest BCUT2D eigenvalue weighted by molar-refractivity contribution is 9.10. The lowest BCUT2D eigenvalue weighted by atomic mass is 10.3. The number of ether oxygens (including phenoxy) is 1. The van der Waals surface area contributed by atoms with E-state index >= 15 is 0 Å². The zero-order chi connectivity index (χ0) is 17.4. The van der Waals surface area contributed by atoms with Crippen LogP contribution in [-0.4, -0.2) is 32.1 Å². The summed E-state index contributed by atoms with van der Waals surface area (Å²) in [5.74, 6) is 0.588. The molecule has 24 heavy (non-hydrogen) atoms. The van der Waals surface area contributed by atoms with E-state index in [-0.39, 0.29) is 5.91 Å². The Morgan fingerprint density at radius 2 is 1.83 bits per heavy atom. The fourth-order valence-electron chi connectivity index (χ4n) is 2.25. The zero-order valence-corrected chi connectivity index (χ0v) is 15.6. The van der Waals surface area contributed by atoms with Crippen LogP contribution in [0.5, 0.6) is 5.75 Å². The van der Waals surface area contributed by atoms with Gasteiger partial charge in [-0.15, -0.1) is 0 Å². The Hall–Kier alpha value is -2.01. The number of anilines is 1. The summed E-state index contributed by atoms with van der Waals surface area (Å²) >= 11 is 3.37.